The summed E-state index contributed by atoms with van der Waals surface area (Å²) in [6.07, 6.45) is 8.87. The highest BCUT2D eigenvalue weighted by Gasteiger charge is 2.36. The number of hydrazine groups is 1. The first kappa shape index (κ1) is 26.2. The van der Waals surface area contributed by atoms with Gasteiger partial charge in [0.25, 0.3) is 0 Å². The van der Waals surface area contributed by atoms with E-state index in [1.54, 1.807) is 13.3 Å². The second-order valence-corrected chi connectivity index (χ2v) is 11.3. The zero-order valence-corrected chi connectivity index (χ0v) is 22.7. The average molecular weight is 521 g/mol. The molecule has 2 aromatic rings. The first-order valence-electron chi connectivity index (χ1n) is 13.2. The predicted octanol–water partition coefficient (Wildman–Crippen LogP) is 4.44. The van der Waals surface area contributed by atoms with Gasteiger partial charge in [0.1, 0.15) is 12.0 Å². The molecule has 1 fully saturated rings. The molecule has 3 heterocycles. The summed E-state index contributed by atoms with van der Waals surface area (Å²) in [7, 11) is 1.63. The third-order valence-electron chi connectivity index (χ3n) is 7.51. The second kappa shape index (κ2) is 10.0. The molecule has 9 nitrogen and oxygen atoms in total. The van der Waals surface area contributed by atoms with Crippen LogP contribution in [0.3, 0.4) is 0 Å². The summed E-state index contributed by atoms with van der Waals surface area (Å²) in [6, 6.07) is 4.12. The molecule has 0 amide bonds. The molecule has 0 spiro atoms. The van der Waals surface area contributed by atoms with Crippen LogP contribution in [0.2, 0.25) is 0 Å². The van der Waals surface area contributed by atoms with Crippen molar-refractivity contribution in [3.8, 4) is 16.9 Å². The minimum Gasteiger partial charge on any atom is -0.496 e. The molecular formula is C29H36N4O5. The van der Waals surface area contributed by atoms with Gasteiger partial charge in [0, 0.05) is 60.3 Å². The number of aldehydes is 1. The fraction of sp³-hybridized carbons (Fsp3) is 0.483. The molecule has 1 aliphatic carbocycles. The van der Waals surface area contributed by atoms with Crippen LogP contribution >= 0.6 is 0 Å². The summed E-state index contributed by atoms with van der Waals surface area (Å²) in [6.45, 7) is 10.3. The van der Waals surface area contributed by atoms with Crippen molar-refractivity contribution in [2.45, 2.75) is 65.1 Å². The Morgan fingerprint density at radius 1 is 1.26 bits per heavy atom. The number of carbonyl (C=O) groups excluding carboxylic acids is 1. The van der Waals surface area contributed by atoms with Crippen LogP contribution in [0.4, 0.5) is 0 Å². The van der Waals surface area contributed by atoms with E-state index in [0.717, 1.165) is 35.1 Å². The Morgan fingerprint density at radius 2 is 2.03 bits per heavy atom. The third-order valence-corrected chi connectivity index (χ3v) is 7.51. The lowest BCUT2D eigenvalue weighted by Gasteiger charge is -2.45. The topological polar surface area (TPSA) is 97.1 Å². The third kappa shape index (κ3) is 4.88. The Kier molecular flexibility index (Phi) is 6.92. The Morgan fingerprint density at radius 3 is 2.66 bits per heavy atom. The lowest BCUT2D eigenvalue weighted by atomic mass is 9.90. The van der Waals surface area contributed by atoms with Crippen LogP contribution in [0.5, 0.6) is 5.75 Å². The van der Waals surface area contributed by atoms with E-state index in [1.807, 2.05) is 42.0 Å². The summed E-state index contributed by atoms with van der Waals surface area (Å²) >= 11 is 0. The number of rotatable bonds is 10. The van der Waals surface area contributed by atoms with Gasteiger partial charge in [-0.15, -0.1) is 0 Å². The monoisotopic (exact) mass is 520 g/mol. The number of ether oxygens (including phenoxy) is 2. The van der Waals surface area contributed by atoms with Gasteiger partial charge in [-0.2, -0.15) is 5.10 Å². The Bertz CT molecular complexity index is 1320. The van der Waals surface area contributed by atoms with Crippen LogP contribution in [0.15, 0.2) is 41.9 Å². The smallest absolute Gasteiger partial charge is 0.333 e. The summed E-state index contributed by atoms with van der Waals surface area (Å²) < 4.78 is 13.7. The highest BCUT2D eigenvalue weighted by molar-refractivity contribution is 5.96. The number of hydrogen-bond acceptors (Lipinski definition) is 7. The number of aliphatic carboxylic acids is 1. The second-order valence-electron chi connectivity index (χ2n) is 11.3. The lowest BCUT2D eigenvalue weighted by molar-refractivity contribution is -0.133. The van der Waals surface area contributed by atoms with Crippen molar-refractivity contribution in [2.24, 2.45) is 5.92 Å². The van der Waals surface area contributed by atoms with Crippen molar-refractivity contribution in [3.63, 3.8) is 0 Å². The summed E-state index contributed by atoms with van der Waals surface area (Å²) in [5.41, 5.74) is 4.77. The molecule has 1 aromatic carbocycles. The number of carboxylic acids is 1. The van der Waals surface area contributed by atoms with E-state index in [0.29, 0.717) is 36.1 Å². The van der Waals surface area contributed by atoms with Crippen molar-refractivity contribution in [1.82, 2.24) is 19.8 Å². The van der Waals surface area contributed by atoms with Gasteiger partial charge in [-0.3, -0.25) is 14.5 Å². The number of allylic oxidation sites excluding steroid dienone is 1. The van der Waals surface area contributed by atoms with Gasteiger partial charge in [0.15, 0.2) is 0 Å². The zero-order valence-electron chi connectivity index (χ0n) is 22.7. The number of methoxy groups -OCH3 is 1. The van der Waals surface area contributed by atoms with E-state index in [9.17, 15) is 14.7 Å². The van der Waals surface area contributed by atoms with E-state index < -0.39 is 5.97 Å². The SMILES string of the molecule is COc1cc2c(cc1-c1cnn(C(C)(C)COCC3CC3)c1)CN(C(C)C)N1C=C(C(=O)O)CC(C=O)=C21. The molecule has 0 radical (unpaired) electrons. The van der Waals surface area contributed by atoms with Gasteiger partial charge in [-0.1, -0.05) is 0 Å². The summed E-state index contributed by atoms with van der Waals surface area (Å²) in [4.78, 5) is 23.9. The van der Waals surface area contributed by atoms with Crippen molar-refractivity contribution in [2.75, 3.05) is 20.3 Å². The number of carbonyl (C=O) groups is 2. The van der Waals surface area contributed by atoms with E-state index in [2.05, 4.69) is 30.0 Å². The molecule has 0 bridgehead atoms. The summed E-state index contributed by atoms with van der Waals surface area (Å²) in [5.74, 6) is 0.351. The number of nitrogens with zero attached hydrogens (tertiary/aromatic N) is 4. The Labute approximate surface area is 223 Å². The quantitative estimate of drug-likeness (QED) is 0.459. The molecule has 202 valence electrons. The number of carboxylic acid groups (broad SMARTS) is 1. The summed E-state index contributed by atoms with van der Waals surface area (Å²) in [5, 5.41) is 18.2. The molecule has 38 heavy (non-hydrogen) atoms. The number of fused-ring (bicyclic) bond motifs is 3. The van der Waals surface area contributed by atoms with Gasteiger partial charge < -0.3 is 14.6 Å². The highest BCUT2D eigenvalue weighted by atomic mass is 16.5. The molecule has 0 saturated heterocycles. The molecule has 0 atom stereocenters. The number of aromatic nitrogens is 2. The van der Waals surface area contributed by atoms with E-state index in [-0.39, 0.29) is 23.6 Å². The van der Waals surface area contributed by atoms with Gasteiger partial charge in [-0.05, 0) is 64.2 Å². The lowest BCUT2D eigenvalue weighted by Crippen LogP contribution is -2.47. The van der Waals surface area contributed by atoms with Crippen molar-refractivity contribution in [1.29, 1.82) is 0 Å². The minimum atomic E-state index is -1.02. The molecule has 3 aliphatic rings. The van der Waals surface area contributed by atoms with Crippen LogP contribution in [-0.4, -0.2) is 63.5 Å². The van der Waals surface area contributed by atoms with Crippen molar-refractivity contribution >= 4 is 18.0 Å². The zero-order chi connectivity index (χ0) is 27.2. The molecular weight excluding hydrogens is 484 g/mol. The van der Waals surface area contributed by atoms with Gasteiger partial charge in [0.05, 0.1) is 36.7 Å². The standard InChI is InChI=1S/C29H36N4O5/c1-18(2)31-12-20-9-24(23-11-30-33(14-23)29(3,4)17-38-16-19-6-7-19)26(37-5)10-25(20)27-22(15-34)8-21(28(35)36)13-32(27)31/h9-11,13-15,18-19H,6-8,12,16-17H2,1-5H3,(H,35,36). The minimum absolute atomic E-state index is 0.0696. The Balaban J connectivity index is 1.53. The van der Waals surface area contributed by atoms with Crippen molar-refractivity contribution < 1.29 is 24.2 Å². The first-order valence-corrected chi connectivity index (χ1v) is 13.2. The average Bonchev–Trinajstić information content (AvgIpc) is 3.57. The maximum Gasteiger partial charge on any atom is 0.333 e. The van der Waals surface area contributed by atoms with Crippen LogP contribution in [-0.2, 0) is 26.4 Å². The molecule has 2 aliphatic heterocycles. The molecule has 5 rings (SSSR count). The molecule has 1 N–H and O–H groups in total. The molecule has 1 aromatic heterocycles. The number of hydrogen-bond donors (Lipinski definition) is 1. The first-order chi connectivity index (χ1) is 18.1. The van der Waals surface area contributed by atoms with Crippen LogP contribution in [0.1, 0.15) is 58.1 Å². The normalized spacial score (nSPS) is 17.8. The Hall–Kier alpha value is -3.43. The molecule has 9 heteroatoms. The van der Waals surface area contributed by atoms with Gasteiger partial charge >= 0.3 is 5.97 Å². The van der Waals surface area contributed by atoms with E-state index >= 15 is 0 Å². The van der Waals surface area contributed by atoms with Crippen LogP contribution in [0, 0.1) is 5.92 Å². The van der Waals surface area contributed by atoms with E-state index in [1.165, 1.54) is 12.8 Å². The van der Waals surface area contributed by atoms with Crippen molar-refractivity contribution in [3.05, 3.63) is 53.0 Å². The van der Waals surface area contributed by atoms with Gasteiger partial charge in [-0.25, -0.2) is 9.80 Å². The number of benzene rings is 1. The van der Waals surface area contributed by atoms with E-state index in [4.69, 9.17) is 9.47 Å². The van der Waals surface area contributed by atoms with Crippen LogP contribution in [0.25, 0.3) is 16.8 Å². The van der Waals surface area contributed by atoms with Gasteiger partial charge in [0.2, 0.25) is 0 Å². The maximum atomic E-state index is 12.1. The molecule has 0 unspecified atom stereocenters. The fourth-order valence-corrected chi connectivity index (χ4v) is 5.09. The highest BCUT2D eigenvalue weighted by Crippen LogP contribution is 2.44. The fourth-order valence-electron chi connectivity index (χ4n) is 5.09. The maximum absolute atomic E-state index is 12.1. The van der Waals surface area contributed by atoms with Crippen LogP contribution < -0.4 is 4.74 Å². The molecule has 1 saturated carbocycles. The predicted molar refractivity (Wildman–Crippen MR) is 143 cm³/mol. The largest absolute Gasteiger partial charge is 0.496 e.